The number of carboxylic acids is 1. The Morgan fingerprint density at radius 2 is 1.64 bits per heavy atom. The number of imide groups is 2. The van der Waals surface area contributed by atoms with Gasteiger partial charge in [-0.3, -0.25) is 24.1 Å². The standard InChI is InChI=1S/C34H25Cl2FN2O8/c1-47-25-14-16(5-12-24(25)40)27-21-10-11-22-26(29(42)38(28(22)41)20-4-2-3-17(13-20)30(43)44)23(21)15-33(35)31(45)39(32(46)34(27,33)36)19-8-6-18(37)7-9-19/h2-10,12-14,22-23,26-27,40H,11,15H2,1H3,(H,43,44)/t22-,23+,26-,27-,33+,34-/m0/s1. The van der Waals surface area contributed by atoms with Crippen LogP contribution < -0.4 is 14.5 Å². The molecule has 0 aromatic heterocycles. The molecule has 7 rings (SSSR count). The molecule has 13 heteroatoms. The number of anilines is 2. The second kappa shape index (κ2) is 10.6. The summed E-state index contributed by atoms with van der Waals surface area (Å²) in [6.07, 6.45) is 1.55. The van der Waals surface area contributed by atoms with Crippen molar-refractivity contribution in [2.75, 3.05) is 16.9 Å². The van der Waals surface area contributed by atoms with Crippen LogP contribution in [0.15, 0.2) is 78.4 Å². The summed E-state index contributed by atoms with van der Waals surface area (Å²) in [5, 5.41) is 19.9. The highest BCUT2D eigenvalue weighted by Crippen LogP contribution is 2.66. The Morgan fingerprint density at radius 1 is 0.915 bits per heavy atom. The highest BCUT2D eigenvalue weighted by atomic mass is 35.5. The van der Waals surface area contributed by atoms with Crippen molar-refractivity contribution >= 4 is 64.2 Å². The van der Waals surface area contributed by atoms with Gasteiger partial charge in [0.2, 0.25) is 11.8 Å². The molecule has 0 radical (unpaired) electrons. The Morgan fingerprint density at radius 3 is 2.32 bits per heavy atom. The normalized spacial score (nSPS) is 29.7. The molecule has 0 spiro atoms. The lowest BCUT2D eigenvalue weighted by molar-refractivity contribution is -0.125. The number of methoxy groups -OCH3 is 1. The molecule has 4 amide bonds. The SMILES string of the molecule is COc1cc([C@H]2C3=CC[C@@H]4C(=O)N(c5cccc(C(=O)O)c5)C(=O)[C@@H]4[C@@H]3C[C@@]3(Cl)C(=O)N(c4ccc(F)cc4)C(=O)[C@@]23Cl)ccc1O. The van der Waals surface area contributed by atoms with Gasteiger partial charge in [0, 0.05) is 5.92 Å². The number of phenolic OH excluding ortho intramolecular Hbond substituents is 1. The number of hydrogen-bond donors (Lipinski definition) is 2. The molecule has 0 bridgehead atoms. The van der Waals surface area contributed by atoms with E-state index < -0.39 is 68.8 Å². The molecular formula is C34H25Cl2FN2O8. The number of carbonyl (C=O) groups excluding carboxylic acids is 4. The van der Waals surface area contributed by atoms with Gasteiger partial charge in [0.1, 0.15) is 5.82 Å². The number of fused-ring (bicyclic) bond motifs is 4. The second-order valence-corrected chi connectivity index (χ2v) is 13.3. The lowest BCUT2D eigenvalue weighted by atomic mass is 9.56. The van der Waals surface area contributed by atoms with Crippen molar-refractivity contribution in [3.63, 3.8) is 0 Å². The van der Waals surface area contributed by atoms with E-state index in [1.807, 2.05) is 0 Å². The number of benzene rings is 3. The number of aromatic hydroxyl groups is 1. The molecule has 3 aromatic rings. The fourth-order valence-corrected chi connectivity index (χ4v) is 8.61. The Hall–Kier alpha value is -4.74. The maximum absolute atomic E-state index is 14.4. The first kappa shape index (κ1) is 30.9. The number of rotatable bonds is 5. The molecule has 0 unspecified atom stereocenters. The summed E-state index contributed by atoms with van der Waals surface area (Å²) in [6.45, 7) is 0. The van der Waals surface area contributed by atoms with E-state index in [0.29, 0.717) is 11.1 Å². The van der Waals surface area contributed by atoms with Crippen LogP contribution in [-0.4, -0.2) is 56.7 Å². The largest absolute Gasteiger partial charge is 0.504 e. The van der Waals surface area contributed by atoms with Crippen LogP contribution in [0.25, 0.3) is 0 Å². The van der Waals surface area contributed by atoms with Gasteiger partial charge < -0.3 is 14.9 Å². The summed E-state index contributed by atoms with van der Waals surface area (Å²) in [4.78, 5) is 65.9. The highest BCUT2D eigenvalue weighted by Gasteiger charge is 2.76. The minimum Gasteiger partial charge on any atom is -0.504 e. The van der Waals surface area contributed by atoms with Crippen LogP contribution in [0.4, 0.5) is 15.8 Å². The van der Waals surface area contributed by atoms with Crippen LogP contribution in [0, 0.1) is 23.6 Å². The molecule has 1 saturated carbocycles. The minimum absolute atomic E-state index is 0.0457. The van der Waals surface area contributed by atoms with Gasteiger partial charge in [0.25, 0.3) is 11.8 Å². The highest BCUT2D eigenvalue weighted by molar-refractivity contribution is 6.58. The van der Waals surface area contributed by atoms with Gasteiger partial charge in [0.05, 0.1) is 35.9 Å². The van der Waals surface area contributed by atoms with Crippen molar-refractivity contribution < 1.29 is 43.3 Å². The van der Waals surface area contributed by atoms with Gasteiger partial charge >= 0.3 is 5.97 Å². The third-order valence-corrected chi connectivity index (χ3v) is 11.2. The van der Waals surface area contributed by atoms with Crippen LogP contribution in [-0.2, 0) is 19.2 Å². The predicted molar refractivity (Wildman–Crippen MR) is 167 cm³/mol. The Bertz CT molecular complexity index is 1950. The number of nitrogens with zero attached hydrogens (tertiary/aromatic N) is 2. The molecule has 240 valence electrons. The summed E-state index contributed by atoms with van der Waals surface area (Å²) in [6, 6.07) is 14.5. The van der Waals surface area contributed by atoms with E-state index >= 15 is 0 Å². The number of allylic oxidation sites excluding steroid dienone is 2. The van der Waals surface area contributed by atoms with E-state index in [1.165, 1.54) is 61.7 Å². The molecule has 2 aliphatic heterocycles. The van der Waals surface area contributed by atoms with E-state index in [1.54, 1.807) is 6.08 Å². The second-order valence-electron chi connectivity index (χ2n) is 12.0. The molecule has 4 aliphatic rings. The van der Waals surface area contributed by atoms with E-state index in [-0.39, 0.29) is 41.3 Å². The summed E-state index contributed by atoms with van der Waals surface area (Å²) >= 11 is 14.7. The van der Waals surface area contributed by atoms with Crippen LogP contribution in [0.3, 0.4) is 0 Å². The molecule has 2 aliphatic carbocycles. The molecule has 2 heterocycles. The minimum atomic E-state index is -2.15. The number of halogens is 3. The number of alkyl halides is 2. The predicted octanol–water partition coefficient (Wildman–Crippen LogP) is 5.01. The van der Waals surface area contributed by atoms with Crippen molar-refractivity contribution in [3.05, 3.63) is 95.3 Å². The van der Waals surface area contributed by atoms with E-state index in [4.69, 9.17) is 27.9 Å². The fraction of sp³-hybridized carbons (Fsp3) is 0.265. The van der Waals surface area contributed by atoms with Crippen LogP contribution in [0.5, 0.6) is 11.5 Å². The lowest BCUT2D eigenvalue weighted by Gasteiger charge is -2.50. The average molecular weight is 679 g/mol. The number of aromatic carboxylic acids is 1. The number of phenols is 1. The Kier molecular flexibility index (Phi) is 7.00. The third kappa shape index (κ3) is 4.19. The fourth-order valence-electron chi connectivity index (χ4n) is 7.68. The van der Waals surface area contributed by atoms with E-state index in [9.17, 15) is 38.6 Å². The van der Waals surface area contributed by atoms with Crippen molar-refractivity contribution in [1.82, 2.24) is 0 Å². The number of carbonyl (C=O) groups is 5. The van der Waals surface area contributed by atoms with E-state index in [2.05, 4.69) is 0 Å². The quantitative estimate of drug-likeness (QED) is 0.218. The van der Waals surface area contributed by atoms with Gasteiger partial charge in [0.15, 0.2) is 21.2 Å². The zero-order valence-electron chi connectivity index (χ0n) is 24.5. The van der Waals surface area contributed by atoms with Gasteiger partial charge in [-0.05, 0) is 78.9 Å². The maximum atomic E-state index is 14.4. The van der Waals surface area contributed by atoms with Gasteiger partial charge in [-0.25, -0.2) is 14.1 Å². The maximum Gasteiger partial charge on any atom is 0.335 e. The molecule has 3 aromatic carbocycles. The Balaban J connectivity index is 1.39. The third-order valence-electron chi connectivity index (χ3n) is 9.78. The first-order chi connectivity index (χ1) is 22.3. The molecular weight excluding hydrogens is 654 g/mol. The van der Waals surface area contributed by atoms with E-state index in [0.717, 1.165) is 21.9 Å². The van der Waals surface area contributed by atoms with Crippen molar-refractivity contribution in [2.24, 2.45) is 17.8 Å². The number of hydrogen-bond acceptors (Lipinski definition) is 7. The summed E-state index contributed by atoms with van der Waals surface area (Å²) < 4.78 is 19.2. The summed E-state index contributed by atoms with van der Waals surface area (Å²) in [5.41, 5.74) is 0.893. The summed E-state index contributed by atoms with van der Waals surface area (Å²) in [5.74, 6) is -8.68. The van der Waals surface area contributed by atoms with Gasteiger partial charge in [-0.1, -0.05) is 23.8 Å². The molecule has 10 nitrogen and oxygen atoms in total. The topological polar surface area (TPSA) is 142 Å². The smallest absolute Gasteiger partial charge is 0.335 e. The van der Waals surface area contributed by atoms with Crippen LogP contribution in [0.1, 0.15) is 34.7 Å². The lowest BCUT2D eigenvalue weighted by Crippen LogP contribution is -2.60. The number of carboxylic acid groups (broad SMARTS) is 1. The van der Waals surface area contributed by atoms with Crippen LogP contribution in [0.2, 0.25) is 0 Å². The first-order valence-electron chi connectivity index (χ1n) is 14.6. The average Bonchev–Trinajstić information content (AvgIpc) is 3.39. The van der Waals surface area contributed by atoms with Crippen molar-refractivity contribution in [1.29, 1.82) is 0 Å². The number of ether oxygens (including phenoxy) is 1. The molecule has 47 heavy (non-hydrogen) atoms. The summed E-state index contributed by atoms with van der Waals surface area (Å²) in [7, 11) is 1.34. The molecule has 2 saturated heterocycles. The van der Waals surface area contributed by atoms with Crippen molar-refractivity contribution in [3.8, 4) is 11.5 Å². The molecule has 3 fully saturated rings. The first-order valence-corrected chi connectivity index (χ1v) is 15.4. The van der Waals surface area contributed by atoms with Crippen molar-refractivity contribution in [2.45, 2.75) is 28.5 Å². The van der Waals surface area contributed by atoms with Gasteiger partial charge in [-0.15, -0.1) is 23.2 Å². The monoisotopic (exact) mass is 678 g/mol. The zero-order valence-corrected chi connectivity index (χ0v) is 26.0. The van der Waals surface area contributed by atoms with Crippen LogP contribution >= 0.6 is 23.2 Å². The van der Waals surface area contributed by atoms with Gasteiger partial charge in [-0.2, -0.15) is 0 Å². The number of amides is 4. The zero-order chi connectivity index (χ0) is 33.6. The Labute approximate surface area is 276 Å². The molecule has 2 N–H and O–H groups in total. The molecule has 6 atom stereocenters.